The molecule has 0 spiro atoms. The molecule has 0 heterocycles. The molecule has 0 saturated heterocycles. The lowest BCUT2D eigenvalue weighted by molar-refractivity contribution is -0.274. The first-order chi connectivity index (χ1) is 7.33. The van der Waals surface area contributed by atoms with Crippen molar-refractivity contribution in [2.24, 2.45) is 0 Å². The first-order valence-corrected chi connectivity index (χ1v) is 4.90. The summed E-state index contributed by atoms with van der Waals surface area (Å²) in [5.74, 6) is -1.18. The Morgan fingerprint density at radius 3 is 2.56 bits per heavy atom. The molecule has 88 valence electrons. The molecule has 0 atom stereocenters. The zero-order valence-electron chi connectivity index (χ0n) is 8.06. The molecule has 1 N–H and O–H groups in total. The van der Waals surface area contributed by atoms with E-state index in [1.54, 1.807) is 0 Å². The van der Waals surface area contributed by atoms with Crippen molar-refractivity contribution in [3.63, 3.8) is 0 Å². The van der Waals surface area contributed by atoms with Gasteiger partial charge in [-0.25, -0.2) is 0 Å². The fraction of sp³-hybridized carbons (Fsp3) is 0.222. The summed E-state index contributed by atoms with van der Waals surface area (Å²) in [4.78, 5) is 11.3. The van der Waals surface area contributed by atoms with E-state index < -0.39 is 18.0 Å². The molecule has 1 rings (SSSR count). The van der Waals surface area contributed by atoms with Crippen molar-refractivity contribution < 1.29 is 22.7 Å². The van der Waals surface area contributed by atoms with Crippen LogP contribution in [0.2, 0.25) is 0 Å². The van der Waals surface area contributed by atoms with E-state index in [2.05, 4.69) is 26.0 Å². The number of carbonyl (C=O) groups excluding carboxylic acids is 1. The van der Waals surface area contributed by atoms with Gasteiger partial charge in [-0.05, 0) is 18.2 Å². The number of nitrogens with one attached hydrogen (secondary N) is 1. The number of rotatable bonds is 2. The highest BCUT2D eigenvalue weighted by molar-refractivity contribution is 9.10. The van der Waals surface area contributed by atoms with Gasteiger partial charge in [-0.2, -0.15) is 0 Å². The maximum atomic E-state index is 12.0. The number of ether oxygens (including phenoxy) is 1. The molecular formula is C9H7BrF3NO2. The monoisotopic (exact) mass is 297 g/mol. The van der Waals surface area contributed by atoms with Gasteiger partial charge in [-0.15, -0.1) is 13.2 Å². The normalized spacial score (nSPS) is 11.1. The predicted molar refractivity (Wildman–Crippen MR) is 54.2 cm³/mol. The summed E-state index contributed by atoms with van der Waals surface area (Å²) in [5.41, 5.74) is -0.186. The second-order valence-electron chi connectivity index (χ2n) is 2.77. The lowest BCUT2D eigenvalue weighted by atomic mass is 10.2. The van der Waals surface area contributed by atoms with Crippen molar-refractivity contribution in [1.82, 2.24) is 5.32 Å². The molecule has 0 radical (unpaired) electrons. The highest BCUT2D eigenvalue weighted by Gasteiger charge is 2.32. The Kier molecular flexibility index (Phi) is 3.79. The van der Waals surface area contributed by atoms with Crippen molar-refractivity contribution >= 4 is 21.8 Å². The molecule has 0 bridgehead atoms. The lowest BCUT2D eigenvalue weighted by Crippen LogP contribution is -2.23. The second kappa shape index (κ2) is 4.73. The third-order valence-electron chi connectivity index (χ3n) is 1.64. The molecule has 16 heavy (non-hydrogen) atoms. The van der Waals surface area contributed by atoms with Crippen molar-refractivity contribution in [2.75, 3.05) is 7.05 Å². The minimum absolute atomic E-state index is 0.186. The largest absolute Gasteiger partial charge is 0.573 e. The maximum Gasteiger partial charge on any atom is 0.573 e. The third-order valence-corrected chi connectivity index (χ3v) is 2.13. The maximum absolute atomic E-state index is 12.0. The van der Waals surface area contributed by atoms with Crippen LogP contribution in [0.4, 0.5) is 13.2 Å². The van der Waals surface area contributed by atoms with Gasteiger partial charge in [0.25, 0.3) is 5.91 Å². The summed E-state index contributed by atoms with van der Waals surface area (Å²) in [7, 11) is 1.32. The predicted octanol–water partition coefficient (Wildman–Crippen LogP) is 2.71. The first kappa shape index (κ1) is 12.8. The smallest absolute Gasteiger partial charge is 0.405 e. The third kappa shape index (κ3) is 3.41. The molecule has 0 unspecified atom stereocenters. The van der Waals surface area contributed by atoms with Crippen LogP contribution in [-0.4, -0.2) is 19.3 Å². The van der Waals surface area contributed by atoms with Crippen LogP contribution in [0, 0.1) is 0 Å². The lowest BCUT2D eigenvalue weighted by Gasteiger charge is -2.12. The van der Waals surface area contributed by atoms with E-state index in [0.29, 0.717) is 4.47 Å². The van der Waals surface area contributed by atoms with Crippen molar-refractivity contribution in [2.45, 2.75) is 6.36 Å². The van der Waals surface area contributed by atoms with Gasteiger partial charge in [-0.3, -0.25) is 4.79 Å². The number of carbonyl (C=O) groups is 1. The Labute approximate surface area is 97.7 Å². The minimum Gasteiger partial charge on any atom is -0.405 e. The molecule has 0 aromatic heterocycles. The fourth-order valence-electron chi connectivity index (χ4n) is 1.03. The van der Waals surface area contributed by atoms with Crippen LogP contribution in [0.15, 0.2) is 22.7 Å². The average Bonchev–Trinajstić information content (AvgIpc) is 2.17. The Balaban J connectivity index is 3.13. The highest BCUT2D eigenvalue weighted by Crippen LogP contribution is 2.28. The number of hydrogen-bond acceptors (Lipinski definition) is 2. The Morgan fingerprint density at radius 1 is 1.44 bits per heavy atom. The summed E-state index contributed by atoms with van der Waals surface area (Å²) >= 11 is 3.06. The van der Waals surface area contributed by atoms with E-state index in [-0.39, 0.29) is 5.56 Å². The zero-order chi connectivity index (χ0) is 12.3. The van der Waals surface area contributed by atoms with Crippen molar-refractivity contribution in [1.29, 1.82) is 0 Å². The van der Waals surface area contributed by atoms with Crippen molar-refractivity contribution in [3.8, 4) is 5.75 Å². The number of benzene rings is 1. The van der Waals surface area contributed by atoms with Crippen LogP contribution in [0.3, 0.4) is 0 Å². The Bertz CT molecular complexity index is 406. The molecular weight excluding hydrogens is 291 g/mol. The number of halogens is 4. The Hall–Kier alpha value is -1.24. The van der Waals surface area contributed by atoms with E-state index >= 15 is 0 Å². The summed E-state index contributed by atoms with van der Waals surface area (Å²) in [6.07, 6.45) is -4.82. The van der Waals surface area contributed by atoms with E-state index in [1.165, 1.54) is 19.2 Å². The van der Waals surface area contributed by atoms with Crippen LogP contribution in [-0.2, 0) is 0 Å². The van der Waals surface area contributed by atoms with Gasteiger partial charge in [0.1, 0.15) is 5.75 Å². The van der Waals surface area contributed by atoms with E-state index in [0.717, 1.165) is 6.07 Å². The molecule has 0 aliphatic rings. The van der Waals surface area contributed by atoms with Gasteiger partial charge in [0.2, 0.25) is 0 Å². The molecule has 0 saturated carbocycles. The van der Waals surface area contributed by atoms with Gasteiger partial charge in [0, 0.05) is 11.5 Å². The van der Waals surface area contributed by atoms with Gasteiger partial charge in [0.15, 0.2) is 0 Å². The summed E-state index contributed by atoms with van der Waals surface area (Å²) in [5, 5.41) is 2.23. The first-order valence-electron chi connectivity index (χ1n) is 4.11. The molecule has 1 amide bonds. The number of hydrogen-bond donors (Lipinski definition) is 1. The summed E-state index contributed by atoms with van der Waals surface area (Å²) in [6.45, 7) is 0. The van der Waals surface area contributed by atoms with Crippen LogP contribution >= 0.6 is 15.9 Å². The highest BCUT2D eigenvalue weighted by atomic mass is 79.9. The van der Waals surface area contributed by atoms with Crippen LogP contribution < -0.4 is 10.1 Å². The van der Waals surface area contributed by atoms with Crippen molar-refractivity contribution in [3.05, 3.63) is 28.2 Å². The second-order valence-corrected chi connectivity index (χ2v) is 3.68. The van der Waals surface area contributed by atoms with Gasteiger partial charge in [-0.1, -0.05) is 15.9 Å². The molecule has 0 aliphatic heterocycles. The summed E-state index contributed by atoms with van der Waals surface area (Å²) in [6, 6.07) is 3.68. The van der Waals surface area contributed by atoms with E-state index in [1.807, 2.05) is 0 Å². The minimum atomic E-state index is -4.82. The molecule has 0 aliphatic carbocycles. The SMILES string of the molecule is CNC(=O)c1cc(Br)ccc1OC(F)(F)F. The van der Waals surface area contributed by atoms with E-state index in [9.17, 15) is 18.0 Å². The van der Waals surface area contributed by atoms with Crippen LogP contribution in [0.1, 0.15) is 10.4 Å². The number of alkyl halides is 3. The molecule has 1 aromatic rings. The summed E-state index contributed by atoms with van der Waals surface area (Å²) < 4.78 is 40.3. The zero-order valence-corrected chi connectivity index (χ0v) is 9.65. The molecule has 0 fully saturated rings. The topological polar surface area (TPSA) is 38.3 Å². The van der Waals surface area contributed by atoms with E-state index in [4.69, 9.17) is 0 Å². The van der Waals surface area contributed by atoms with Crippen LogP contribution in [0.5, 0.6) is 5.75 Å². The van der Waals surface area contributed by atoms with Gasteiger partial charge >= 0.3 is 6.36 Å². The van der Waals surface area contributed by atoms with Gasteiger partial charge in [0.05, 0.1) is 5.56 Å². The molecule has 3 nitrogen and oxygen atoms in total. The fourth-order valence-corrected chi connectivity index (χ4v) is 1.39. The van der Waals surface area contributed by atoms with Crippen LogP contribution in [0.25, 0.3) is 0 Å². The molecule has 7 heteroatoms. The number of amides is 1. The quantitative estimate of drug-likeness (QED) is 0.911. The standard InChI is InChI=1S/C9H7BrF3NO2/c1-14-8(15)6-4-5(10)2-3-7(6)16-9(11,12)13/h2-4H,1H3,(H,14,15). The Morgan fingerprint density at radius 2 is 2.06 bits per heavy atom. The molecule has 1 aromatic carbocycles. The van der Waals surface area contributed by atoms with Gasteiger partial charge < -0.3 is 10.1 Å². The average molecular weight is 298 g/mol.